The van der Waals surface area contributed by atoms with E-state index < -0.39 is 0 Å². The Hall–Kier alpha value is -1.29. The molecule has 0 amide bonds. The van der Waals surface area contributed by atoms with Gasteiger partial charge < -0.3 is 15.0 Å². The van der Waals surface area contributed by atoms with Crippen LogP contribution in [0.15, 0.2) is 12.3 Å². The number of rotatable bonds is 1. The third-order valence-electron chi connectivity index (χ3n) is 3.26. The lowest BCUT2D eigenvalue weighted by molar-refractivity contribution is 0.122. The highest BCUT2D eigenvalue weighted by Crippen LogP contribution is 2.29. The first-order valence-electron chi connectivity index (χ1n) is 5.99. The van der Waals surface area contributed by atoms with Gasteiger partial charge in [-0.3, -0.25) is 0 Å². The van der Waals surface area contributed by atoms with Crippen LogP contribution in [-0.2, 0) is 11.2 Å². The van der Waals surface area contributed by atoms with Crippen LogP contribution in [0.2, 0.25) is 0 Å². The first-order chi connectivity index (χ1) is 7.95. The van der Waals surface area contributed by atoms with Crippen molar-refractivity contribution in [2.75, 3.05) is 43.1 Å². The molecule has 1 aromatic heterocycles. The molecule has 1 saturated heterocycles. The number of pyridine rings is 1. The number of hydrogen-bond donors (Lipinski definition) is 1. The van der Waals surface area contributed by atoms with E-state index in [4.69, 9.17) is 4.74 Å². The first kappa shape index (κ1) is 9.90. The fourth-order valence-corrected chi connectivity index (χ4v) is 2.43. The van der Waals surface area contributed by atoms with Gasteiger partial charge in [-0.2, -0.15) is 0 Å². The van der Waals surface area contributed by atoms with Crippen molar-refractivity contribution in [3.05, 3.63) is 17.8 Å². The van der Waals surface area contributed by atoms with Crippen LogP contribution < -0.4 is 10.2 Å². The van der Waals surface area contributed by atoms with Gasteiger partial charge in [-0.15, -0.1) is 0 Å². The minimum atomic E-state index is 0. The molecule has 1 aromatic rings. The maximum atomic E-state index is 5.38. The molecule has 0 unspecified atom stereocenters. The zero-order valence-electron chi connectivity index (χ0n) is 9.41. The summed E-state index contributed by atoms with van der Waals surface area (Å²) in [6.45, 7) is 4.64. The number of nitrogens with zero attached hydrogens (tertiary/aromatic N) is 2. The van der Waals surface area contributed by atoms with E-state index >= 15 is 0 Å². The number of fused-ring (bicyclic) bond motifs is 1. The van der Waals surface area contributed by atoms with E-state index in [1.165, 1.54) is 17.7 Å². The SMILES string of the molecule is [HH].c1cc2c(c(N3CCOCC3)n1)CCCN2. The lowest BCUT2D eigenvalue weighted by Crippen LogP contribution is -2.37. The molecule has 4 heteroatoms. The van der Waals surface area contributed by atoms with E-state index in [0.717, 1.165) is 45.1 Å². The van der Waals surface area contributed by atoms with E-state index in [9.17, 15) is 0 Å². The molecule has 88 valence electrons. The number of hydrogen-bond acceptors (Lipinski definition) is 4. The van der Waals surface area contributed by atoms with Crippen LogP contribution in [0.4, 0.5) is 11.5 Å². The predicted octanol–water partition coefficient (Wildman–Crippen LogP) is 1.52. The lowest BCUT2D eigenvalue weighted by atomic mass is 10.0. The maximum absolute atomic E-state index is 5.38. The minimum absolute atomic E-state index is 0. The molecule has 0 saturated carbocycles. The van der Waals surface area contributed by atoms with Gasteiger partial charge in [0.05, 0.1) is 13.2 Å². The normalized spacial score (nSPS) is 20.1. The van der Waals surface area contributed by atoms with Crippen LogP contribution in [0.25, 0.3) is 0 Å². The maximum Gasteiger partial charge on any atom is 0.133 e. The zero-order valence-corrected chi connectivity index (χ0v) is 9.41. The van der Waals surface area contributed by atoms with E-state index in [0.29, 0.717) is 0 Å². The van der Waals surface area contributed by atoms with Crippen molar-refractivity contribution in [1.82, 2.24) is 4.98 Å². The summed E-state index contributed by atoms with van der Waals surface area (Å²) in [5, 5.41) is 3.44. The van der Waals surface area contributed by atoms with Crippen LogP contribution >= 0.6 is 0 Å². The van der Waals surface area contributed by atoms with Crippen molar-refractivity contribution in [1.29, 1.82) is 0 Å². The number of morpholine rings is 1. The van der Waals surface area contributed by atoms with Gasteiger partial charge in [0.1, 0.15) is 5.82 Å². The Kier molecular flexibility index (Phi) is 2.66. The van der Waals surface area contributed by atoms with Crippen molar-refractivity contribution in [2.24, 2.45) is 0 Å². The topological polar surface area (TPSA) is 37.4 Å². The summed E-state index contributed by atoms with van der Waals surface area (Å²) in [6, 6.07) is 2.08. The predicted molar refractivity (Wildman–Crippen MR) is 66.2 cm³/mol. The molecular formula is C12H19N3O. The van der Waals surface area contributed by atoms with Crippen LogP contribution in [0.5, 0.6) is 0 Å². The van der Waals surface area contributed by atoms with Gasteiger partial charge >= 0.3 is 0 Å². The van der Waals surface area contributed by atoms with Gasteiger partial charge in [-0.25, -0.2) is 4.98 Å². The van der Waals surface area contributed by atoms with Crippen LogP contribution in [0, 0.1) is 0 Å². The second-order valence-corrected chi connectivity index (χ2v) is 4.29. The molecule has 3 heterocycles. The van der Waals surface area contributed by atoms with Crippen molar-refractivity contribution in [3.63, 3.8) is 0 Å². The van der Waals surface area contributed by atoms with Gasteiger partial charge in [0.15, 0.2) is 0 Å². The summed E-state index contributed by atoms with van der Waals surface area (Å²) in [7, 11) is 0. The Morgan fingerprint density at radius 1 is 1.38 bits per heavy atom. The van der Waals surface area contributed by atoms with Gasteiger partial charge in [0.25, 0.3) is 0 Å². The highest BCUT2D eigenvalue weighted by atomic mass is 16.5. The number of aromatic nitrogens is 1. The molecule has 0 aromatic carbocycles. The van der Waals surface area contributed by atoms with Gasteiger partial charge in [-0.05, 0) is 18.9 Å². The summed E-state index contributed by atoms with van der Waals surface area (Å²) in [5.74, 6) is 1.16. The lowest BCUT2D eigenvalue weighted by Gasteiger charge is -2.31. The van der Waals surface area contributed by atoms with Gasteiger partial charge in [0.2, 0.25) is 0 Å². The van der Waals surface area contributed by atoms with Crippen molar-refractivity contribution in [3.8, 4) is 0 Å². The van der Waals surface area contributed by atoms with Gasteiger partial charge in [-0.1, -0.05) is 0 Å². The van der Waals surface area contributed by atoms with Gasteiger partial charge in [0, 0.05) is 38.5 Å². The van der Waals surface area contributed by atoms with E-state index in [1.54, 1.807) is 0 Å². The molecule has 16 heavy (non-hydrogen) atoms. The molecule has 4 nitrogen and oxygen atoms in total. The first-order valence-corrected chi connectivity index (χ1v) is 5.99. The van der Waals surface area contributed by atoms with Crippen molar-refractivity contribution in [2.45, 2.75) is 12.8 Å². The van der Waals surface area contributed by atoms with Crippen LogP contribution in [0.3, 0.4) is 0 Å². The summed E-state index contributed by atoms with van der Waals surface area (Å²) in [4.78, 5) is 6.89. The molecule has 0 radical (unpaired) electrons. The Balaban J connectivity index is 0.00000108. The molecule has 0 spiro atoms. The third kappa shape index (κ3) is 1.73. The van der Waals surface area contributed by atoms with Crippen LogP contribution in [-0.4, -0.2) is 37.8 Å². The van der Waals surface area contributed by atoms with E-state index in [-0.39, 0.29) is 1.43 Å². The average Bonchev–Trinajstić information content (AvgIpc) is 2.39. The highest BCUT2D eigenvalue weighted by Gasteiger charge is 2.19. The molecule has 2 aliphatic rings. The standard InChI is InChI=1S/C12H17N3O.H2/c1-2-10-11(13-4-1)3-5-14-12(10)15-6-8-16-9-7-15;/h3,5,13H,1-2,4,6-9H2;1H. The number of anilines is 2. The summed E-state index contributed by atoms with van der Waals surface area (Å²) >= 11 is 0. The zero-order chi connectivity index (χ0) is 10.8. The Labute approximate surface area is 97.1 Å². The number of nitrogens with one attached hydrogen (secondary N) is 1. The largest absolute Gasteiger partial charge is 0.385 e. The fraction of sp³-hybridized carbons (Fsp3) is 0.583. The highest BCUT2D eigenvalue weighted by molar-refractivity contribution is 5.64. The molecule has 0 atom stereocenters. The van der Waals surface area contributed by atoms with Crippen molar-refractivity contribution >= 4 is 11.5 Å². The molecular weight excluding hydrogens is 202 g/mol. The Bertz CT molecular complexity index is 380. The summed E-state index contributed by atoms with van der Waals surface area (Å²) < 4.78 is 5.38. The summed E-state index contributed by atoms with van der Waals surface area (Å²) in [5.41, 5.74) is 2.65. The number of ether oxygens (including phenoxy) is 1. The molecule has 0 aliphatic carbocycles. The average molecular weight is 221 g/mol. The second kappa shape index (κ2) is 4.29. The Morgan fingerprint density at radius 3 is 3.12 bits per heavy atom. The van der Waals surface area contributed by atoms with Crippen LogP contribution in [0.1, 0.15) is 13.4 Å². The molecule has 0 bridgehead atoms. The molecule has 2 aliphatic heterocycles. The van der Waals surface area contributed by atoms with Crippen molar-refractivity contribution < 1.29 is 6.16 Å². The second-order valence-electron chi connectivity index (χ2n) is 4.29. The third-order valence-corrected chi connectivity index (χ3v) is 3.26. The molecule has 1 N–H and O–H groups in total. The smallest absolute Gasteiger partial charge is 0.133 e. The minimum Gasteiger partial charge on any atom is -0.385 e. The quantitative estimate of drug-likeness (QED) is 0.780. The fourth-order valence-electron chi connectivity index (χ4n) is 2.43. The summed E-state index contributed by atoms with van der Waals surface area (Å²) in [6.07, 6.45) is 4.25. The molecule has 1 fully saturated rings. The van der Waals surface area contributed by atoms with E-state index in [2.05, 4.69) is 21.3 Å². The Morgan fingerprint density at radius 2 is 2.25 bits per heavy atom. The monoisotopic (exact) mass is 221 g/mol. The molecule has 3 rings (SSSR count). The van der Waals surface area contributed by atoms with E-state index in [1.807, 2.05) is 6.20 Å².